The van der Waals surface area contributed by atoms with Gasteiger partial charge in [0.05, 0.1) is 0 Å². The predicted molar refractivity (Wildman–Crippen MR) is 85.9 cm³/mol. The smallest absolute Gasteiger partial charge is 0.155 e. The number of carbonyl (C=O) groups is 1. The molecule has 0 aliphatic heterocycles. The van der Waals surface area contributed by atoms with Crippen molar-refractivity contribution >= 4 is 5.78 Å². The van der Waals surface area contributed by atoms with Gasteiger partial charge in [0, 0.05) is 6.42 Å². The predicted octanol–water partition coefficient (Wildman–Crippen LogP) is 5.30. The summed E-state index contributed by atoms with van der Waals surface area (Å²) < 4.78 is 0. The van der Waals surface area contributed by atoms with Crippen molar-refractivity contribution in [2.45, 2.75) is 78.6 Å². The van der Waals surface area contributed by atoms with E-state index in [0.29, 0.717) is 22.0 Å². The Morgan fingerprint density at radius 2 is 1.76 bits per heavy atom. The highest BCUT2D eigenvalue weighted by Gasteiger charge is 2.61. The number of allylic oxidation sites excluding steroid dienone is 1. The number of ketones is 1. The van der Waals surface area contributed by atoms with Gasteiger partial charge in [-0.25, -0.2) is 0 Å². The summed E-state index contributed by atoms with van der Waals surface area (Å²) in [6, 6.07) is 0. The highest BCUT2D eigenvalue weighted by molar-refractivity contribution is 5.91. The molecule has 3 saturated carbocycles. The highest BCUT2D eigenvalue weighted by Crippen LogP contribution is 2.70. The molecule has 0 amide bonds. The Bertz CT molecular complexity index is 518. The first-order valence-electron chi connectivity index (χ1n) is 9.12. The van der Waals surface area contributed by atoms with Crippen molar-refractivity contribution in [2.75, 3.05) is 0 Å². The van der Waals surface area contributed by atoms with Gasteiger partial charge in [0.1, 0.15) is 0 Å². The highest BCUT2D eigenvalue weighted by atomic mass is 16.1. The molecule has 0 aromatic rings. The molecule has 4 aliphatic rings. The first-order chi connectivity index (χ1) is 9.88. The summed E-state index contributed by atoms with van der Waals surface area (Å²) in [6.07, 6.45) is 13.6. The third-order valence-electron chi connectivity index (χ3n) is 8.34. The molecular weight excluding hydrogens is 256 g/mol. The van der Waals surface area contributed by atoms with Crippen molar-refractivity contribution in [1.29, 1.82) is 0 Å². The lowest BCUT2D eigenvalue weighted by Gasteiger charge is -2.63. The number of carbonyl (C=O) groups excluding carboxylic acids is 1. The van der Waals surface area contributed by atoms with Gasteiger partial charge in [-0.05, 0) is 79.1 Å². The Hall–Kier alpha value is -0.590. The fraction of sp³-hybridized carbons (Fsp3) is 0.850. The Kier molecular flexibility index (Phi) is 2.83. The molecule has 0 unspecified atom stereocenters. The first-order valence-corrected chi connectivity index (χ1v) is 9.12. The van der Waals surface area contributed by atoms with E-state index < -0.39 is 0 Å². The van der Waals surface area contributed by atoms with Crippen LogP contribution in [0.15, 0.2) is 11.6 Å². The van der Waals surface area contributed by atoms with E-state index in [1.54, 1.807) is 0 Å². The lowest BCUT2D eigenvalue weighted by Crippen LogP contribution is -2.55. The summed E-state index contributed by atoms with van der Waals surface area (Å²) >= 11 is 0. The number of fused-ring (bicyclic) bond motifs is 5. The molecule has 0 N–H and O–H groups in total. The minimum atomic E-state index is 0.324. The average molecular weight is 286 g/mol. The molecule has 116 valence electrons. The van der Waals surface area contributed by atoms with Crippen LogP contribution in [-0.4, -0.2) is 5.78 Å². The SMILES string of the molecule is C[C@@]12CCC[C@H]1[C@]1(C)CCC3=CC(=O)CC[C@]3(C)[C@H]1CC2. The van der Waals surface area contributed by atoms with Crippen molar-refractivity contribution in [3.63, 3.8) is 0 Å². The van der Waals surface area contributed by atoms with Gasteiger partial charge in [-0.15, -0.1) is 0 Å². The second kappa shape index (κ2) is 4.24. The summed E-state index contributed by atoms with van der Waals surface area (Å²) in [6.45, 7) is 7.68. The topological polar surface area (TPSA) is 17.1 Å². The zero-order chi connectivity index (χ0) is 14.9. The Labute approximate surface area is 129 Å². The van der Waals surface area contributed by atoms with Crippen LogP contribution < -0.4 is 0 Å². The molecule has 1 heteroatoms. The molecule has 5 atom stereocenters. The molecule has 0 aromatic heterocycles. The molecule has 0 bridgehead atoms. The molecule has 3 fully saturated rings. The second-order valence-corrected chi connectivity index (χ2v) is 9.25. The van der Waals surface area contributed by atoms with Crippen LogP contribution in [0.3, 0.4) is 0 Å². The van der Waals surface area contributed by atoms with Gasteiger partial charge in [-0.2, -0.15) is 0 Å². The summed E-state index contributed by atoms with van der Waals surface area (Å²) in [5.41, 5.74) is 2.97. The second-order valence-electron chi connectivity index (χ2n) is 9.25. The van der Waals surface area contributed by atoms with Crippen LogP contribution in [0.25, 0.3) is 0 Å². The van der Waals surface area contributed by atoms with Crippen molar-refractivity contribution in [3.05, 3.63) is 11.6 Å². The van der Waals surface area contributed by atoms with Crippen LogP contribution in [-0.2, 0) is 4.79 Å². The minimum Gasteiger partial charge on any atom is -0.295 e. The van der Waals surface area contributed by atoms with Crippen molar-refractivity contribution in [3.8, 4) is 0 Å². The fourth-order valence-electron chi connectivity index (χ4n) is 7.23. The van der Waals surface area contributed by atoms with Crippen LogP contribution in [0, 0.1) is 28.1 Å². The average Bonchev–Trinajstić information content (AvgIpc) is 2.83. The number of hydrogen-bond acceptors (Lipinski definition) is 1. The number of hydrogen-bond donors (Lipinski definition) is 0. The molecule has 0 spiro atoms. The molecule has 0 aromatic carbocycles. The summed E-state index contributed by atoms with van der Waals surface area (Å²) in [4.78, 5) is 11.9. The van der Waals surface area contributed by atoms with E-state index in [0.717, 1.165) is 24.7 Å². The lowest BCUT2D eigenvalue weighted by atomic mass is 9.41. The van der Waals surface area contributed by atoms with Gasteiger partial charge >= 0.3 is 0 Å². The van der Waals surface area contributed by atoms with E-state index in [4.69, 9.17) is 0 Å². The molecular formula is C20H30O. The Morgan fingerprint density at radius 1 is 0.952 bits per heavy atom. The molecule has 0 saturated heterocycles. The Balaban J connectivity index is 1.76. The van der Waals surface area contributed by atoms with Crippen LogP contribution in [0.2, 0.25) is 0 Å². The van der Waals surface area contributed by atoms with E-state index >= 15 is 0 Å². The molecule has 0 radical (unpaired) electrons. The third-order valence-corrected chi connectivity index (χ3v) is 8.34. The van der Waals surface area contributed by atoms with Gasteiger partial charge in [0.2, 0.25) is 0 Å². The maximum absolute atomic E-state index is 11.9. The van der Waals surface area contributed by atoms with E-state index in [2.05, 4.69) is 20.8 Å². The quantitative estimate of drug-likeness (QED) is 0.590. The van der Waals surface area contributed by atoms with Crippen LogP contribution in [0.5, 0.6) is 0 Å². The van der Waals surface area contributed by atoms with E-state index in [1.807, 2.05) is 6.08 Å². The molecule has 21 heavy (non-hydrogen) atoms. The summed E-state index contributed by atoms with van der Waals surface area (Å²) in [7, 11) is 0. The minimum absolute atomic E-state index is 0.324. The normalized spacial score (nSPS) is 52.7. The molecule has 4 aliphatic carbocycles. The van der Waals surface area contributed by atoms with Crippen LogP contribution in [0.4, 0.5) is 0 Å². The molecule has 1 nitrogen and oxygen atoms in total. The van der Waals surface area contributed by atoms with Gasteiger partial charge in [-0.3, -0.25) is 4.79 Å². The van der Waals surface area contributed by atoms with Gasteiger partial charge in [0.25, 0.3) is 0 Å². The largest absolute Gasteiger partial charge is 0.295 e. The Morgan fingerprint density at radius 3 is 2.57 bits per heavy atom. The zero-order valence-corrected chi connectivity index (χ0v) is 14.0. The molecule has 0 heterocycles. The summed E-state index contributed by atoms with van der Waals surface area (Å²) in [5, 5.41) is 0. The van der Waals surface area contributed by atoms with Gasteiger partial charge in [0.15, 0.2) is 5.78 Å². The standard InChI is InChI=1S/C20H30O/c1-18-9-4-5-16(18)20(3)11-6-14-13-15(21)7-12-19(14,2)17(20)8-10-18/h13,16-17H,4-12H2,1-3H3/t16-,17-,18+,19+,20+/m1/s1. The molecule has 4 rings (SSSR count). The van der Waals surface area contributed by atoms with Gasteiger partial charge in [-0.1, -0.05) is 32.8 Å². The lowest BCUT2D eigenvalue weighted by molar-refractivity contribution is -0.123. The summed E-state index contributed by atoms with van der Waals surface area (Å²) in [5.74, 6) is 2.13. The van der Waals surface area contributed by atoms with E-state index in [9.17, 15) is 4.79 Å². The van der Waals surface area contributed by atoms with Crippen molar-refractivity contribution in [2.24, 2.45) is 28.1 Å². The van der Waals surface area contributed by atoms with Crippen molar-refractivity contribution in [1.82, 2.24) is 0 Å². The maximum atomic E-state index is 11.9. The van der Waals surface area contributed by atoms with E-state index in [-0.39, 0.29) is 0 Å². The number of rotatable bonds is 0. The monoisotopic (exact) mass is 286 g/mol. The van der Waals surface area contributed by atoms with Gasteiger partial charge < -0.3 is 0 Å². The van der Waals surface area contributed by atoms with E-state index in [1.165, 1.54) is 50.5 Å². The fourth-order valence-corrected chi connectivity index (χ4v) is 7.23. The maximum Gasteiger partial charge on any atom is 0.155 e. The zero-order valence-electron chi connectivity index (χ0n) is 14.0. The third kappa shape index (κ3) is 1.72. The van der Waals surface area contributed by atoms with Crippen LogP contribution in [0.1, 0.15) is 78.6 Å². The first kappa shape index (κ1) is 14.0. The van der Waals surface area contributed by atoms with Crippen molar-refractivity contribution < 1.29 is 4.79 Å². The van der Waals surface area contributed by atoms with Crippen LogP contribution >= 0.6 is 0 Å².